The number of thiazole rings is 1. The number of hydrogen-bond donors (Lipinski definition) is 0. The minimum atomic E-state index is 0.503. The number of halogens is 2. The van der Waals surface area contributed by atoms with Crippen molar-refractivity contribution in [3.05, 3.63) is 32.9 Å². The lowest BCUT2D eigenvalue weighted by molar-refractivity contribution is 0.577. The molecule has 6 heteroatoms. The maximum absolute atomic E-state index is 5.70. The van der Waals surface area contributed by atoms with E-state index in [2.05, 4.69) is 26.0 Å². The lowest BCUT2D eigenvalue weighted by Crippen LogP contribution is -1.99. The lowest BCUT2D eigenvalue weighted by Gasteiger charge is -1.98. The Balaban J connectivity index is 1.79. The zero-order chi connectivity index (χ0) is 11.4. The Kier molecular flexibility index (Phi) is 4.37. The summed E-state index contributed by atoms with van der Waals surface area (Å²) in [4.78, 5) is 4.41. The molecular formula is C10H11BrClN3S. The standard InChI is InChI=1S/C10H11BrClN3S/c11-8-5-13-15(6-8)3-1-2-10-14-9(4-12)7-16-10/h5-7H,1-4H2. The van der Waals surface area contributed by atoms with Gasteiger partial charge in [-0.25, -0.2) is 4.98 Å². The van der Waals surface area contributed by atoms with Gasteiger partial charge in [-0.15, -0.1) is 22.9 Å². The van der Waals surface area contributed by atoms with Crippen molar-refractivity contribution in [2.45, 2.75) is 25.3 Å². The first-order valence-corrected chi connectivity index (χ1v) is 7.16. The third kappa shape index (κ3) is 3.30. The predicted molar refractivity (Wildman–Crippen MR) is 69.9 cm³/mol. The third-order valence-corrected chi connectivity index (χ3v) is 3.76. The molecule has 0 saturated heterocycles. The predicted octanol–water partition coefficient (Wildman–Crippen LogP) is 3.47. The highest BCUT2D eigenvalue weighted by molar-refractivity contribution is 9.10. The summed E-state index contributed by atoms with van der Waals surface area (Å²) in [6.07, 6.45) is 5.81. The van der Waals surface area contributed by atoms with Crippen molar-refractivity contribution >= 4 is 38.9 Å². The van der Waals surface area contributed by atoms with Crippen molar-refractivity contribution in [2.24, 2.45) is 0 Å². The maximum Gasteiger partial charge on any atom is 0.0929 e. The second-order valence-corrected chi connectivity index (χ2v) is 5.52. The van der Waals surface area contributed by atoms with Crippen LogP contribution in [0.4, 0.5) is 0 Å². The van der Waals surface area contributed by atoms with Crippen LogP contribution in [0.15, 0.2) is 22.2 Å². The monoisotopic (exact) mass is 319 g/mol. The van der Waals surface area contributed by atoms with Crippen LogP contribution in [0.1, 0.15) is 17.1 Å². The summed E-state index contributed by atoms with van der Waals surface area (Å²) in [5.41, 5.74) is 0.975. The van der Waals surface area contributed by atoms with Crippen molar-refractivity contribution in [3.63, 3.8) is 0 Å². The Labute approximate surface area is 112 Å². The number of aromatic nitrogens is 3. The van der Waals surface area contributed by atoms with Gasteiger partial charge in [-0.3, -0.25) is 4.68 Å². The highest BCUT2D eigenvalue weighted by atomic mass is 79.9. The van der Waals surface area contributed by atoms with Crippen molar-refractivity contribution < 1.29 is 0 Å². The molecule has 86 valence electrons. The highest BCUT2D eigenvalue weighted by Gasteiger charge is 2.01. The average molecular weight is 321 g/mol. The van der Waals surface area contributed by atoms with Crippen LogP contribution in [0.3, 0.4) is 0 Å². The van der Waals surface area contributed by atoms with E-state index in [1.54, 1.807) is 17.5 Å². The molecule has 0 amide bonds. The molecule has 2 rings (SSSR count). The summed E-state index contributed by atoms with van der Waals surface area (Å²) >= 11 is 10.8. The quantitative estimate of drug-likeness (QED) is 0.790. The van der Waals surface area contributed by atoms with Gasteiger partial charge in [0.05, 0.1) is 27.3 Å². The van der Waals surface area contributed by atoms with Gasteiger partial charge < -0.3 is 0 Å². The van der Waals surface area contributed by atoms with Crippen LogP contribution >= 0.6 is 38.9 Å². The van der Waals surface area contributed by atoms with Crippen LogP contribution in [-0.4, -0.2) is 14.8 Å². The number of hydrogen-bond acceptors (Lipinski definition) is 3. The van der Waals surface area contributed by atoms with Gasteiger partial charge in [-0.1, -0.05) is 0 Å². The Bertz CT molecular complexity index is 454. The van der Waals surface area contributed by atoms with Crippen molar-refractivity contribution in [3.8, 4) is 0 Å². The molecule has 0 aliphatic heterocycles. The number of rotatable bonds is 5. The third-order valence-electron chi connectivity index (χ3n) is 2.12. The van der Waals surface area contributed by atoms with Crippen LogP contribution < -0.4 is 0 Å². The lowest BCUT2D eigenvalue weighted by atomic mass is 10.3. The molecule has 0 fully saturated rings. The first kappa shape index (κ1) is 12.1. The van der Waals surface area contributed by atoms with E-state index in [1.165, 1.54) is 0 Å². The largest absolute Gasteiger partial charge is 0.272 e. The second-order valence-electron chi connectivity index (χ2n) is 3.39. The second kappa shape index (κ2) is 5.80. The van der Waals surface area contributed by atoms with Crippen LogP contribution in [0.2, 0.25) is 0 Å². The number of nitrogens with zero attached hydrogens (tertiary/aromatic N) is 3. The molecule has 2 aromatic heterocycles. The molecule has 0 bridgehead atoms. The first-order chi connectivity index (χ1) is 7.78. The molecule has 0 unspecified atom stereocenters. The zero-order valence-electron chi connectivity index (χ0n) is 8.57. The fourth-order valence-electron chi connectivity index (χ4n) is 1.38. The summed E-state index contributed by atoms with van der Waals surface area (Å²) < 4.78 is 2.95. The maximum atomic E-state index is 5.70. The normalized spacial score (nSPS) is 10.9. The van der Waals surface area contributed by atoms with Crippen molar-refractivity contribution in [1.82, 2.24) is 14.8 Å². The fraction of sp³-hybridized carbons (Fsp3) is 0.400. The molecule has 0 atom stereocenters. The van der Waals surface area contributed by atoms with E-state index in [-0.39, 0.29) is 0 Å². The Morgan fingerprint density at radius 1 is 1.50 bits per heavy atom. The summed E-state index contributed by atoms with van der Waals surface area (Å²) in [6, 6.07) is 0. The number of aryl methyl sites for hydroxylation is 2. The molecule has 3 nitrogen and oxygen atoms in total. The van der Waals surface area contributed by atoms with Gasteiger partial charge in [0.2, 0.25) is 0 Å². The average Bonchev–Trinajstić information content (AvgIpc) is 2.88. The van der Waals surface area contributed by atoms with Gasteiger partial charge in [0.1, 0.15) is 0 Å². The van der Waals surface area contributed by atoms with Gasteiger partial charge in [0.15, 0.2) is 0 Å². The topological polar surface area (TPSA) is 30.7 Å². The Morgan fingerprint density at radius 3 is 3.00 bits per heavy atom. The van der Waals surface area contributed by atoms with E-state index in [9.17, 15) is 0 Å². The molecule has 0 N–H and O–H groups in total. The van der Waals surface area contributed by atoms with Gasteiger partial charge in [0.25, 0.3) is 0 Å². The summed E-state index contributed by atoms with van der Waals surface area (Å²) in [5, 5.41) is 7.38. The molecule has 0 aliphatic carbocycles. The van der Waals surface area contributed by atoms with E-state index in [1.807, 2.05) is 16.3 Å². The molecule has 2 aromatic rings. The van der Waals surface area contributed by atoms with Crippen LogP contribution in [0.5, 0.6) is 0 Å². The fourth-order valence-corrected chi connectivity index (χ4v) is 2.77. The number of alkyl halides is 1. The molecule has 0 aliphatic rings. The van der Waals surface area contributed by atoms with Crippen LogP contribution in [-0.2, 0) is 18.8 Å². The van der Waals surface area contributed by atoms with E-state index in [4.69, 9.17) is 11.6 Å². The molecule has 16 heavy (non-hydrogen) atoms. The van der Waals surface area contributed by atoms with E-state index < -0.39 is 0 Å². The zero-order valence-corrected chi connectivity index (χ0v) is 11.7. The van der Waals surface area contributed by atoms with Gasteiger partial charge in [-0.2, -0.15) is 5.10 Å². The van der Waals surface area contributed by atoms with Crippen LogP contribution in [0, 0.1) is 0 Å². The van der Waals surface area contributed by atoms with Crippen molar-refractivity contribution in [2.75, 3.05) is 0 Å². The Hall–Kier alpha value is -0.390. The van der Waals surface area contributed by atoms with E-state index in [0.717, 1.165) is 34.6 Å². The summed E-state index contributed by atoms with van der Waals surface area (Å²) in [7, 11) is 0. The van der Waals surface area contributed by atoms with Crippen LogP contribution in [0.25, 0.3) is 0 Å². The highest BCUT2D eigenvalue weighted by Crippen LogP contribution is 2.14. The van der Waals surface area contributed by atoms with E-state index in [0.29, 0.717) is 5.88 Å². The molecule has 0 aromatic carbocycles. The molecule has 2 heterocycles. The van der Waals surface area contributed by atoms with Gasteiger partial charge in [-0.05, 0) is 22.4 Å². The SMILES string of the molecule is ClCc1csc(CCCn2cc(Br)cn2)n1. The van der Waals surface area contributed by atoms with E-state index >= 15 is 0 Å². The van der Waals surface area contributed by atoms with Gasteiger partial charge in [0, 0.05) is 24.5 Å². The molecule has 0 radical (unpaired) electrons. The minimum absolute atomic E-state index is 0.503. The molecule has 0 saturated carbocycles. The molecular weight excluding hydrogens is 310 g/mol. The van der Waals surface area contributed by atoms with Gasteiger partial charge >= 0.3 is 0 Å². The van der Waals surface area contributed by atoms with Crippen molar-refractivity contribution in [1.29, 1.82) is 0 Å². The summed E-state index contributed by atoms with van der Waals surface area (Å²) in [6.45, 7) is 0.918. The first-order valence-electron chi connectivity index (χ1n) is 4.95. The minimum Gasteiger partial charge on any atom is -0.272 e. The molecule has 0 spiro atoms. The summed E-state index contributed by atoms with van der Waals surface area (Å²) in [5.74, 6) is 0.503. The smallest absolute Gasteiger partial charge is 0.0929 e. The Morgan fingerprint density at radius 2 is 2.38 bits per heavy atom.